The molecule has 4 heteroatoms. The Kier molecular flexibility index (Phi) is 5.76. The lowest BCUT2D eigenvalue weighted by molar-refractivity contribution is 0.209. The van der Waals surface area contributed by atoms with Gasteiger partial charge in [0.05, 0.1) is 12.8 Å². The van der Waals surface area contributed by atoms with Crippen LogP contribution in [0, 0.1) is 0 Å². The summed E-state index contributed by atoms with van der Waals surface area (Å²) in [7, 11) is 1.74. The summed E-state index contributed by atoms with van der Waals surface area (Å²) in [6.45, 7) is 8.96. The Hall–Kier alpha value is -0.930. The van der Waals surface area contributed by atoms with Gasteiger partial charge in [-0.3, -0.25) is 4.90 Å². The molecule has 0 aliphatic carbocycles. The number of piperazine rings is 1. The van der Waals surface area contributed by atoms with E-state index in [1.165, 1.54) is 5.69 Å². The number of halogens is 1. The number of benzene rings is 1. The minimum absolute atomic E-state index is 0. The molecule has 0 unspecified atom stereocenters. The third kappa shape index (κ3) is 3.30. The highest BCUT2D eigenvalue weighted by Gasteiger charge is 2.20. The summed E-state index contributed by atoms with van der Waals surface area (Å²) in [5.74, 6) is 0.977. The Morgan fingerprint density at radius 1 is 1.06 bits per heavy atom. The van der Waals surface area contributed by atoms with Crippen molar-refractivity contribution < 1.29 is 4.74 Å². The van der Waals surface area contributed by atoms with E-state index >= 15 is 0 Å². The Balaban J connectivity index is 0.00000162. The van der Waals surface area contributed by atoms with Crippen molar-refractivity contribution in [3.05, 3.63) is 24.3 Å². The first kappa shape index (κ1) is 15.1. The van der Waals surface area contributed by atoms with E-state index in [1.807, 2.05) is 12.1 Å². The highest BCUT2D eigenvalue weighted by Crippen LogP contribution is 2.28. The van der Waals surface area contributed by atoms with Gasteiger partial charge in [0.1, 0.15) is 5.75 Å². The molecule has 1 fully saturated rings. The number of methoxy groups -OCH3 is 1. The van der Waals surface area contributed by atoms with Crippen LogP contribution in [0.3, 0.4) is 0 Å². The summed E-state index contributed by atoms with van der Waals surface area (Å²) in [6.07, 6.45) is 0. The zero-order chi connectivity index (χ0) is 12.3. The fourth-order valence-electron chi connectivity index (χ4n) is 2.37. The van der Waals surface area contributed by atoms with E-state index in [4.69, 9.17) is 4.74 Å². The molecule has 0 N–H and O–H groups in total. The van der Waals surface area contributed by atoms with E-state index in [9.17, 15) is 0 Å². The predicted octanol–water partition coefficient (Wildman–Crippen LogP) is 2.65. The van der Waals surface area contributed by atoms with Crippen LogP contribution < -0.4 is 9.64 Å². The number of anilines is 1. The van der Waals surface area contributed by atoms with Crippen molar-refractivity contribution in [1.29, 1.82) is 0 Å². The van der Waals surface area contributed by atoms with Crippen LogP contribution in [0.4, 0.5) is 5.69 Å². The molecule has 1 aromatic rings. The Bertz CT molecular complexity index is 363. The topological polar surface area (TPSA) is 15.7 Å². The number of ether oxygens (including phenoxy) is 1. The molecular formula is C14H23ClN2O. The standard InChI is InChI=1S/C14H22N2O.ClH/c1-12(2)15-8-10-16(11-9-15)13-6-4-5-7-14(13)17-3;/h4-7,12H,8-11H2,1-3H3;1H. The summed E-state index contributed by atoms with van der Waals surface area (Å²) in [6, 6.07) is 8.92. The third-order valence-electron chi connectivity index (χ3n) is 3.47. The van der Waals surface area contributed by atoms with E-state index < -0.39 is 0 Å². The number of nitrogens with zero attached hydrogens (tertiary/aromatic N) is 2. The van der Waals surface area contributed by atoms with Crippen molar-refractivity contribution in [3.8, 4) is 5.75 Å². The summed E-state index contributed by atoms with van der Waals surface area (Å²) in [4.78, 5) is 4.93. The molecule has 2 rings (SSSR count). The second-order valence-corrected chi connectivity index (χ2v) is 4.79. The first-order valence-corrected chi connectivity index (χ1v) is 6.34. The van der Waals surface area contributed by atoms with Crippen LogP contribution in [0.5, 0.6) is 5.75 Å². The fraction of sp³-hybridized carbons (Fsp3) is 0.571. The second-order valence-electron chi connectivity index (χ2n) is 4.79. The van der Waals surface area contributed by atoms with Gasteiger partial charge >= 0.3 is 0 Å². The van der Waals surface area contributed by atoms with Crippen molar-refractivity contribution in [2.45, 2.75) is 19.9 Å². The highest BCUT2D eigenvalue weighted by molar-refractivity contribution is 5.85. The van der Waals surface area contributed by atoms with Gasteiger partial charge in [-0.25, -0.2) is 0 Å². The molecule has 0 saturated carbocycles. The molecule has 0 spiro atoms. The van der Waals surface area contributed by atoms with Crippen LogP contribution in [0.15, 0.2) is 24.3 Å². The Labute approximate surface area is 116 Å². The fourth-order valence-corrected chi connectivity index (χ4v) is 2.37. The summed E-state index contributed by atoms with van der Waals surface area (Å²) < 4.78 is 5.42. The highest BCUT2D eigenvalue weighted by atomic mass is 35.5. The number of hydrogen-bond donors (Lipinski definition) is 0. The molecule has 0 bridgehead atoms. The SMILES string of the molecule is COc1ccccc1N1CCN(C(C)C)CC1.Cl. The number of hydrogen-bond acceptors (Lipinski definition) is 3. The van der Waals surface area contributed by atoms with Gasteiger partial charge in [0.25, 0.3) is 0 Å². The minimum atomic E-state index is 0. The van der Waals surface area contributed by atoms with Crippen LogP contribution in [-0.4, -0.2) is 44.2 Å². The third-order valence-corrected chi connectivity index (χ3v) is 3.47. The van der Waals surface area contributed by atoms with Crippen molar-refractivity contribution in [1.82, 2.24) is 4.90 Å². The van der Waals surface area contributed by atoms with Gasteiger partial charge in [0.2, 0.25) is 0 Å². The van der Waals surface area contributed by atoms with Gasteiger partial charge in [0, 0.05) is 32.2 Å². The smallest absolute Gasteiger partial charge is 0.142 e. The lowest BCUT2D eigenvalue weighted by Gasteiger charge is -2.38. The van der Waals surface area contributed by atoms with E-state index in [2.05, 4.69) is 35.8 Å². The average Bonchev–Trinajstić information content (AvgIpc) is 2.39. The van der Waals surface area contributed by atoms with Crippen LogP contribution in [0.2, 0.25) is 0 Å². The van der Waals surface area contributed by atoms with Crippen molar-refractivity contribution in [3.63, 3.8) is 0 Å². The van der Waals surface area contributed by atoms with E-state index in [0.29, 0.717) is 6.04 Å². The monoisotopic (exact) mass is 270 g/mol. The molecule has 1 heterocycles. The molecule has 0 amide bonds. The average molecular weight is 271 g/mol. The molecule has 1 saturated heterocycles. The lowest BCUT2D eigenvalue weighted by atomic mass is 10.2. The van der Waals surface area contributed by atoms with Gasteiger partial charge < -0.3 is 9.64 Å². The van der Waals surface area contributed by atoms with Crippen molar-refractivity contribution in [2.75, 3.05) is 38.2 Å². The molecule has 18 heavy (non-hydrogen) atoms. The summed E-state index contributed by atoms with van der Waals surface area (Å²) in [5.41, 5.74) is 1.22. The Morgan fingerprint density at radius 3 is 2.22 bits per heavy atom. The number of para-hydroxylation sites is 2. The van der Waals surface area contributed by atoms with E-state index in [-0.39, 0.29) is 12.4 Å². The van der Waals surface area contributed by atoms with Gasteiger partial charge in [-0.1, -0.05) is 12.1 Å². The molecule has 0 aromatic heterocycles. The second kappa shape index (κ2) is 6.86. The molecule has 3 nitrogen and oxygen atoms in total. The van der Waals surface area contributed by atoms with Crippen LogP contribution >= 0.6 is 12.4 Å². The molecule has 1 aromatic carbocycles. The first-order valence-electron chi connectivity index (χ1n) is 6.34. The summed E-state index contributed by atoms with van der Waals surface area (Å²) in [5, 5.41) is 0. The van der Waals surface area contributed by atoms with Gasteiger partial charge in [-0.2, -0.15) is 0 Å². The van der Waals surface area contributed by atoms with Crippen molar-refractivity contribution in [2.24, 2.45) is 0 Å². The van der Waals surface area contributed by atoms with Crippen molar-refractivity contribution >= 4 is 18.1 Å². The molecule has 0 radical (unpaired) electrons. The quantitative estimate of drug-likeness (QED) is 0.840. The first-order chi connectivity index (χ1) is 8.22. The predicted molar refractivity (Wildman–Crippen MR) is 79.2 cm³/mol. The maximum atomic E-state index is 5.42. The van der Waals surface area contributed by atoms with Crippen LogP contribution in [0.25, 0.3) is 0 Å². The van der Waals surface area contributed by atoms with E-state index in [1.54, 1.807) is 7.11 Å². The maximum Gasteiger partial charge on any atom is 0.142 e. The van der Waals surface area contributed by atoms with Gasteiger partial charge in [0.15, 0.2) is 0 Å². The largest absolute Gasteiger partial charge is 0.495 e. The molecule has 1 aliphatic rings. The Morgan fingerprint density at radius 2 is 1.67 bits per heavy atom. The molecule has 1 aliphatic heterocycles. The van der Waals surface area contributed by atoms with Gasteiger partial charge in [-0.05, 0) is 26.0 Å². The molecule has 102 valence electrons. The summed E-state index contributed by atoms with van der Waals surface area (Å²) >= 11 is 0. The van der Waals surface area contributed by atoms with E-state index in [0.717, 1.165) is 31.9 Å². The van der Waals surface area contributed by atoms with Crippen LogP contribution in [-0.2, 0) is 0 Å². The normalized spacial score (nSPS) is 16.6. The lowest BCUT2D eigenvalue weighted by Crippen LogP contribution is -2.48. The zero-order valence-electron chi connectivity index (χ0n) is 11.4. The van der Waals surface area contributed by atoms with Crippen LogP contribution in [0.1, 0.15) is 13.8 Å². The zero-order valence-corrected chi connectivity index (χ0v) is 12.2. The number of rotatable bonds is 3. The molecular weight excluding hydrogens is 248 g/mol. The maximum absolute atomic E-state index is 5.42. The molecule has 0 atom stereocenters. The van der Waals surface area contributed by atoms with Gasteiger partial charge in [-0.15, -0.1) is 12.4 Å². The minimum Gasteiger partial charge on any atom is -0.495 e.